The number of furan rings is 1. The van der Waals surface area contributed by atoms with Crippen LogP contribution in [0.3, 0.4) is 0 Å². The molecular weight excluding hydrogens is 650 g/mol. The molecule has 3 N–H and O–H groups in total. The predicted octanol–water partition coefficient (Wildman–Crippen LogP) is 6.63. The highest BCUT2D eigenvalue weighted by Crippen LogP contribution is 2.32. The van der Waals surface area contributed by atoms with Gasteiger partial charge in [0.05, 0.1) is 25.2 Å². The minimum atomic E-state index is -1.44. The fourth-order valence-electron chi connectivity index (χ4n) is 5.81. The van der Waals surface area contributed by atoms with Gasteiger partial charge in [0.15, 0.2) is 11.5 Å². The highest BCUT2D eigenvalue weighted by atomic mass is 16.7. The van der Waals surface area contributed by atoms with Crippen LogP contribution in [0.4, 0.5) is 0 Å². The Morgan fingerprint density at radius 2 is 1.63 bits per heavy atom. The summed E-state index contributed by atoms with van der Waals surface area (Å²) in [6.45, 7) is 6.17. The number of benzene rings is 3. The van der Waals surface area contributed by atoms with Crippen LogP contribution in [0, 0.1) is 5.92 Å². The number of aliphatic hydroxyl groups excluding tert-OH is 1. The number of Topliss-reactive ketones (excluding diaryl/α,β-unsaturated/α-hetero) is 1. The van der Waals surface area contributed by atoms with E-state index in [2.05, 4.69) is 17.6 Å². The second-order valence-corrected chi connectivity index (χ2v) is 12.0. The van der Waals surface area contributed by atoms with Crippen molar-refractivity contribution in [3.05, 3.63) is 113 Å². The van der Waals surface area contributed by atoms with Gasteiger partial charge in [-0.3, -0.25) is 24.0 Å². The van der Waals surface area contributed by atoms with Crippen molar-refractivity contribution in [3.63, 3.8) is 0 Å². The molecule has 3 atom stereocenters. The molecule has 0 aliphatic carbocycles. The van der Waals surface area contributed by atoms with Gasteiger partial charge in [-0.25, -0.2) is 5.06 Å². The molecule has 3 amide bonds. The smallest absolute Gasteiger partial charge is 0.288 e. The highest BCUT2D eigenvalue weighted by molar-refractivity contribution is 6.00. The molecule has 51 heavy (non-hydrogen) atoms. The zero-order valence-corrected chi connectivity index (χ0v) is 29.4. The number of carbonyl (C=O) groups is 4. The van der Waals surface area contributed by atoms with Gasteiger partial charge in [-0.05, 0) is 61.2 Å². The number of hydrogen-bond acceptors (Lipinski definition) is 8. The van der Waals surface area contributed by atoms with Gasteiger partial charge in [-0.1, -0.05) is 93.8 Å². The van der Waals surface area contributed by atoms with Gasteiger partial charge in [0, 0.05) is 11.1 Å². The lowest BCUT2D eigenvalue weighted by Crippen LogP contribution is -2.48. The molecule has 0 saturated carbocycles. The number of aliphatic hydroxyl groups is 1. The highest BCUT2D eigenvalue weighted by Gasteiger charge is 2.32. The monoisotopic (exact) mass is 697 g/mol. The van der Waals surface area contributed by atoms with Crippen LogP contribution >= 0.6 is 0 Å². The summed E-state index contributed by atoms with van der Waals surface area (Å²) < 4.78 is 11.6. The summed E-state index contributed by atoms with van der Waals surface area (Å²) in [5.74, 6) is -1.16. The van der Waals surface area contributed by atoms with Crippen LogP contribution < -0.4 is 15.4 Å². The Morgan fingerprint density at radius 1 is 0.902 bits per heavy atom. The fraction of sp³-hybridized carbons (Fsp3) is 0.350. The summed E-state index contributed by atoms with van der Waals surface area (Å²) in [5, 5.41) is 17.6. The first kappa shape index (κ1) is 38.5. The Morgan fingerprint density at radius 3 is 2.29 bits per heavy atom. The number of rotatable bonds is 21. The van der Waals surface area contributed by atoms with Crippen LogP contribution in [-0.2, 0) is 21.0 Å². The van der Waals surface area contributed by atoms with Crippen LogP contribution in [0.1, 0.15) is 91.0 Å². The van der Waals surface area contributed by atoms with Crippen molar-refractivity contribution < 1.29 is 38.3 Å². The lowest BCUT2D eigenvalue weighted by Gasteiger charge is -2.32. The second kappa shape index (κ2) is 19.8. The quantitative estimate of drug-likeness (QED) is 0.0289. The molecule has 1 heterocycles. The van der Waals surface area contributed by atoms with Crippen molar-refractivity contribution in [3.8, 4) is 17.1 Å². The molecule has 0 bridgehead atoms. The van der Waals surface area contributed by atoms with Crippen molar-refractivity contribution in [2.75, 3.05) is 13.3 Å². The Balaban J connectivity index is 1.42. The molecule has 0 aliphatic rings. The summed E-state index contributed by atoms with van der Waals surface area (Å²) in [6, 6.07) is 25.5. The first-order valence-corrected chi connectivity index (χ1v) is 17.4. The molecule has 11 heteroatoms. The molecule has 1 unspecified atom stereocenters. The lowest BCUT2D eigenvalue weighted by atomic mass is 9.90. The average molecular weight is 698 g/mol. The number of hydroxylamine groups is 2. The summed E-state index contributed by atoms with van der Waals surface area (Å²) in [5.41, 5.74) is 2.07. The number of carbonyl (C=O) groups excluding carboxylic acids is 4. The van der Waals surface area contributed by atoms with E-state index in [0.29, 0.717) is 54.1 Å². The third-order valence-electron chi connectivity index (χ3n) is 8.48. The Kier molecular flexibility index (Phi) is 15.0. The largest absolute Gasteiger partial charge is 0.494 e. The van der Waals surface area contributed by atoms with E-state index in [-0.39, 0.29) is 24.9 Å². The topological polar surface area (TPSA) is 147 Å². The predicted molar refractivity (Wildman–Crippen MR) is 192 cm³/mol. The van der Waals surface area contributed by atoms with E-state index in [1.807, 2.05) is 44.2 Å². The fourth-order valence-corrected chi connectivity index (χ4v) is 5.81. The molecule has 1 aromatic heterocycles. The van der Waals surface area contributed by atoms with Crippen molar-refractivity contribution in [2.24, 2.45) is 5.92 Å². The maximum absolute atomic E-state index is 13.5. The average Bonchev–Trinajstić information content (AvgIpc) is 3.66. The summed E-state index contributed by atoms with van der Waals surface area (Å²) in [4.78, 5) is 57.5. The number of hydrogen-bond donors (Lipinski definition) is 3. The summed E-state index contributed by atoms with van der Waals surface area (Å²) >= 11 is 0. The van der Waals surface area contributed by atoms with Crippen LogP contribution in [-0.4, -0.2) is 53.5 Å². The van der Waals surface area contributed by atoms with Gasteiger partial charge in [-0.2, -0.15) is 0 Å². The molecule has 3 aromatic carbocycles. The number of ketones is 1. The molecule has 0 spiro atoms. The molecule has 0 radical (unpaired) electrons. The molecule has 0 aliphatic heterocycles. The van der Waals surface area contributed by atoms with E-state index in [9.17, 15) is 24.3 Å². The lowest BCUT2D eigenvalue weighted by molar-refractivity contribution is -0.200. The normalized spacial score (nSPS) is 12.7. The molecule has 4 aromatic rings. The molecular formula is C40H47N3O8. The Hall–Kier alpha value is -5.26. The van der Waals surface area contributed by atoms with E-state index >= 15 is 0 Å². The summed E-state index contributed by atoms with van der Waals surface area (Å²) in [6.07, 6.45) is 2.90. The number of unbranched alkanes of at least 4 members (excludes halogenated alkanes) is 2. The second-order valence-electron chi connectivity index (χ2n) is 12.0. The van der Waals surface area contributed by atoms with E-state index in [1.165, 1.54) is 11.1 Å². The third kappa shape index (κ3) is 10.9. The minimum absolute atomic E-state index is 0.00380. The van der Waals surface area contributed by atoms with Crippen molar-refractivity contribution in [1.29, 1.82) is 0 Å². The first-order chi connectivity index (χ1) is 24.8. The van der Waals surface area contributed by atoms with Crippen molar-refractivity contribution in [2.45, 2.75) is 71.6 Å². The standard InChI is InChI=1S/C40H47N3O8/c1-4-7-10-19-33(34(5-2)43(27-44)50-25-28-15-11-8-12-16-28)39(47)41-26-42-40(48)36-21-20-35(51-36)30-22-31(24-32(23-30)49-6-3)38(46)37(45)29-17-13-9-14-18-29/h8-9,11-18,20-24,27,33-34,38,46H,4-7,10,19,25-26H2,1-3H3,(H,41,47)(H,42,48)/t33-,34-,38?/m1/s1. The molecule has 11 nitrogen and oxygen atoms in total. The van der Waals surface area contributed by atoms with Crippen molar-refractivity contribution in [1.82, 2.24) is 15.7 Å². The Bertz CT molecular complexity index is 1710. The van der Waals surface area contributed by atoms with Gasteiger partial charge >= 0.3 is 0 Å². The number of amides is 3. The SMILES string of the molecule is CCCCC[C@@H](C(=O)NCNC(=O)c1ccc(-c2cc(OCC)cc(C(O)C(=O)c3ccccc3)c2)o1)[C@@H](CC)N(C=O)OCc1ccccc1. The third-order valence-corrected chi connectivity index (χ3v) is 8.48. The van der Waals surface area contributed by atoms with Crippen LogP contribution in [0.25, 0.3) is 11.3 Å². The Labute approximate surface area is 298 Å². The van der Waals surface area contributed by atoms with Gasteiger partial charge in [-0.15, -0.1) is 0 Å². The summed E-state index contributed by atoms with van der Waals surface area (Å²) in [7, 11) is 0. The number of nitrogens with one attached hydrogen (secondary N) is 2. The first-order valence-electron chi connectivity index (χ1n) is 17.4. The molecule has 0 fully saturated rings. The van der Waals surface area contributed by atoms with Crippen molar-refractivity contribution >= 4 is 24.0 Å². The maximum Gasteiger partial charge on any atom is 0.288 e. The van der Waals surface area contributed by atoms with Crippen LogP contribution in [0.15, 0.2) is 95.4 Å². The van der Waals surface area contributed by atoms with Gasteiger partial charge in [0.2, 0.25) is 12.3 Å². The van der Waals surface area contributed by atoms with Crippen LogP contribution in [0.2, 0.25) is 0 Å². The number of ether oxygens (including phenoxy) is 1. The minimum Gasteiger partial charge on any atom is -0.494 e. The van der Waals surface area contributed by atoms with E-state index < -0.39 is 29.8 Å². The molecule has 0 saturated heterocycles. The van der Waals surface area contributed by atoms with Gasteiger partial charge in [0.25, 0.3) is 5.91 Å². The van der Waals surface area contributed by atoms with E-state index in [0.717, 1.165) is 24.8 Å². The zero-order chi connectivity index (χ0) is 36.6. The molecule has 270 valence electrons. The van der Waals surface area contributed by atoms with Crippen LogP contribution in [0.5, 0.6) is 5.75 Å². The van der Waals surface area contributed by atoms with E-state index in [4.69, 9.17) is 14.0 Å². The zero-order valence-electron chi connectivity index (χ0n) is 29.4. The maximum atomic E-state index is 13.5. The van der Waals surface area contributed by atoms with E-state index in [1.54, 1.807) is 54.6 Å². The van der Waals surface area contributed by atoms with Gasteiger partial charge in [0.1, 0.15) is 24.2 Å². The number of nitrogens with zero attached hydrogens (tertiary/aromatic N) is 1. The molecule has 4 rings (SSSR count). The van der Waals surface area contributed by atoms with Gasteiger partial charge < -0.3 is 24.9 Å².